The number of aliphatic hydroxyl groups excluding tert-OH is 1. The molecular weight excluding hydrogens is 510 g/mol. The number of carbonyl (C=O) groups is 1. The van der Waals surface area contributed by atoms with Crippen LogP contribution in [0, 0.1) is 0 Å². The Morgan fingerprint density at radius 3 is 2.73 bits per heavy atom. The van der Waals surface area contributed by atoms with E-state index in [9.17, 15) is 14.7 Å². The van der Waals surface area contributed by atoms with E-state index in [0.717, 1.165) is 49.2 Å². The molecule has 1 amide bonds. The zero-order valence-corrected chi connectivity index (χ0v) is 23.0. The molecule has 6 heterocycles. The summed E-state index contributed by atoms with van der Waals surface area (Å²) < 4.78 is 10.7. The van der Waals surface area contributed by atoms with Crippen LogP contribution >= 0.6 is 0 Å². The molecule has 0 aliphatic carbocycles. The molecule has 0 saturated carbocycles. The number of aliphatic hydroxyl groups is 1. The summed E-state index contributed by atoms with van der Waals surface area (Å²) in [4.78, 5) is 32.9. The quantitative estimate of drug-likeness (QED) is 0.368. The van der Waals surface area contributed by atoms with Gasteiger partial charge in [-0.25, -0.2) is 4.98 Å². The number of aromatic nitrogens is 5. The number of nitrogens with zero attached hydrogens (tertiary/aromatic N) is 6. The third-order valence-corrected chi connectivity index (χ3v) is 7.88. The molecule has 0 fully saturated rings. The minimum atomic E-state index is -0.312. The highest BCUT2D eigenvalue weighted by atomic mass is 16.5. The number of hydrogen-bond acceptors (Lipinski definition) is 7. The Hall–Kier alpha value is -4.22. The lowest BCUT2D eigenvalue weighted by molar-refractivity contribution is 0.0978. The van der Waals surface area contributed by atoms with Crippen molar-refractivity contribution >= 4 is 23.2 Å². The van der Waals surface area contributed by atoms with E-state index in [1.807, 2.05) is 19.2 Å². The van der Waals surface area contributed by atoms with Gasteiger partial charge in [-0.15, -0.1) is 0 Å². The number of nitrogens with one attached hydrogen (secondary N) is 1. The van der Waals surface area contributed by atoms with E-state index in [0.29, 0.717) is 47.2 Å². The molecule has 4 aromatic heterocycles. The average Bonchev–Trinajstić information content (AvgIpc) is 3.51. The van der Waals surface area contributed by atoms with Gasteiger partial charge in [-0.1, -0.05) is 0 Å². The number of ether oxygens (including phenoxy) is 1. The van der Waals surface area contributed by atoms with Crippen molar-refractivity contribution in [2.45, 2.75) is 45.4 Å². The highest BCUT2D eigenvalue weighted by Gasteiger charge is 2.32. The summed E-state index contributed by atoms with van der Waals surface area (Å²) in [6.45, 7) is 1.53. The lowest BCUT2D eigenvalue weighted by Gasteiger charge is -2.29. The Bertz CT molecular complexity index is 1670. The van der Waals surface area contributed by atoms with Crippen molar-refractivity contribution < 1.29 is 14.6 Å². The summed E-state index contributed by atoms with van der Waals surface area (Å²) in [7, 11) is 5.11. The van der Waals surface area contributed by atoms with Gasteiger partial charge in [0.15, 0.2) is 5.82 Å². The zero-order valence-electron chi connectivity index (χ0n) is 23.0. The van der Waals surface area contributed by atoms with E-state index in [-0.39, 0.29) is 18.1 Å². The van der Waals surface area contributed by atoms with Gasteiger partial charge < -0.3 is 24.3 Å². The Morgan fingerprint density at radius 2 is 1.93 bits per heavy atom. The Labute approximate surface area is 231 Å². The van der Waals surface area contributed by atoms with Crippen molar-refractivity contribution in [3.8, 4) is 11.1 Å². The number of carbonyl (C=O) groups excluding carboxylic acids is 1. The van der Waals surface area contributed by atoms with Gasteiger partial charge in [-0.05, 0) is 43.0 Å². The van der Waals surface area contributed by atoms with Gasteiger partial charge in [0.1, 0.15) is 11.5 Å². The van der Waals surface area contributed by atoms with Gasteiger partial charge in [0, 0.05) is 81.7 Å². The molecule has 2 N–H and O–H groups in total. The molecule has 0 saturated heterocycles. The normalized spacial score (nSPS) is 14.8. The highest BCUT2D eigenvalue weighted by molar-refractivity contribution is 6.08. The fourth-order valence-electron chi connectivity index (χ4n) is 5.91. The average molecular weight is 544 g/mol. The molecule has 0 unspecified atom stereocenters. The molecule has 4 aromatic rings. The maximum atomic E-state index is 13.7. The molecular formula is C29H33N7O4. The van der Waals surface area contributed by atoms with Crippen LogP contribution in [-0.2, 0) is 51.4 Å². The summed E-state index contributed by atoms with van der Waals surface area (Å²) in [6.07, 6.45) is 7.37. The molecule has 0 bridgehead atoms. The number of amides is 1. The fourth-order valence-corrected chi connectivity index (χ4v) is 5.91. The van der Waals surface area contributed by atoms with E-state index in [2.05, 4.69) is 20.0 Å². The monoisotopic (exact) mass is 543 g/mol. The van der Waals surface area contributed by atoms with Crippen LogP contribution in [0.4, 0.5) is 17.3 Å². The minimum Gasteiger partial charge on any atom is -0.392 e. The summed E-state index contributed by atoms with van der Waals surface area (Å²) in [6, 6.07) is 7.40. The number of anilines is 3. The molecule has 0 radical (unpaired) electrons. The van der Waals surface area contributed by atoms with Gasteiger partial charge in [-0.3, -0.25) is 19.2 Å². The first kappa shape index (κ1) is 26.0. The molecule has 208 valence electrons. The van der Waals surface area contributed by atoms with E-state index in [1.54, 1.807) is 48.3 Å². The smallest absolute Gasteiger partial charge is 0.274 e. The van der Waals surface area contributed by atoms with Crippen LogP contribution in [0.5, 0.6) is 0 Å². The van der Waals surface area contributed by atoms with Crippen molar-refractivity contribution in [2.24, 2.45) is 14.1 Å². The second-order valence-corrected chi connectivity index (χ2v) is 10.4. The third-order valence-electron chi connectivity index (χ3n) is 7.88. The first-order valence-electron chi connectivity index (χ1n) is 13.5. The largest absolute Gasteiger partial charge is 0.392 e. The predicted molar refractivity (Wildman–Crippen MR) is 151 cm³/mol. The van der Waals surface area contributed by atoms with E-state index >= 15 is 0 Å². The fraction of sp³-hybridized carbons (Fsp3) is 0.379. The van der Waals surface area contributed by atoms with Crippen LogP contribution in [0.2, 0.25) is 0 Å². The third kappa shape index (κ3) is 4.40. The maximum Gasteiger partial charge on any atom is 0.274 e. The minimum absolute atomic E-state index is 0.0904. The molecule has 0 atom stereocenters. The Morgan fingerprint density at radius 1 is 1.07 bits per heavy atom. The summed E-state index contributed by atoms with van der Waals surface area (Å²) >= 11 is 0. The lowest BCUT2D eigenvalue weighted by atomic mass is 10.0. The van der Waals surface area contributed by atoms with Crippen LogP contribution in [0.15, 0.2) is 41.5 Å². The van der Waals surface area contributed by atoms with Crippen molar-refractivity contribution in [1.29, 1.82) is 0 Å². The first-order valence-corrected chi connectivity index (χ1v) is 13.5. The van der Waals surface area contributed by atoms with Crippen molar-refractivity contribution in [3.05, 3.63) is 75.2 Å². The summed E-state index contributed by atoms with van der Waals surface area (Å²) in [5.74, 6) is 0.871. The van der Waals surface area contributed by atoms with E-state index < -0.39 is 0 Å². The lowest BCUT2D eigenvalue weighted by Crippen LogP contribution is -2.39. The van der Waals surface area contributed by atoms with E-state index in [4.69, 9.17) is 4.74 Å². The maximum absolute atomic E-state index is 13.7. The van der Waals surface area contributed by atoms with Crippen LogP contribution in [0.25, 0.3) is 11.1 Å². The molecule has 2 aliphatic heterocycles. The van der Waals surface area contributed by atoms with Crippen LogP contribution < -0.4 is 15.8 Å². The number of pyridine rings is 2. The zero-order chi connectivity index (χ0) is 28.0. The number of aryl methyl sites for hydroxylation is 3. The topological polar surface area (TPSA) is 119 Å². The number of fused-ring (bicyclic) bond motifs is 3. The van der Waals surface area contributed by atoms with Crippen LogP contribution in [-0.4, -0.2) is 48.6 Å². The molecule has 11 heteroatoms. The number of methoxy groups -OCH3 is 1. The second-order valence-electron chi connectivity index (χ2n) is 10.4. The van der Waals surface area contributed by atoms with Crippen molar-refractivity contribution in [3.63, 3.8) is 0 Å². The predicted octanol–water partition coefficient (Wildman–Crippen LogP) is 2.90. The van der Waals surface area contributed by atoms with Gasteiger partial charge >= 0.3 is 0 Å². The van der Waals surface area contributed by atoms with E-state index in [1.165, 1.54) is 10.3 Å². The molecule has 6 rings (SSSR count). The number of rotatable bonds is 7. The number of hydrogen-bond donors (Lipinski definition) is 2. The SMILES string of the molecule is COCc1cc(Nc2cc(-c3ccnc(N4CCc5c(cc6n5CCCC6)C4=O)c3CO)cn(C)c2=O)nn1C. The molecule has 40 heavy (non-hydrogen) atoms. The van der Waals surface area contributed by atoms with Gasteiger partial charge in [0.25, 0.3) is 11.5 Å². The Kier molecular flexibility index (Phi) is 6.77. The highest BCUT2D eigenvalue weighted by Crippen LogP contribution is 2.35. The van der Waals surface area contributed by atoms with Crippen molar-refractivity contribution in [1.82, 2.24) is 23.9 Å². The molecule has 2 aliphatic rings. The Balaban J connectivity index is 1.37. The molecule has 11 nitrogen and oxygen atoms in total. The van der Waals surface area contributed by atoms with Gasteiger partial charge in [0.2, 0.25) is 0 Å². The van der Waals surface area contributed by atoms with Gasteiger partial charge in [0.05, 0.1) is 24.5 Å². The van der Waals surface area contributed by atoms with Gasteiger partial charge in [-0.2, -0.15) is 5.10 Å². The van der Waals surface area contributed by atoms with Crippen LogP contribution in [0.1, 0.15) is 45.8 Å². The summed E-state index contributed by atoms with van der Waals surface area (Å²) in [5.41, 5.74) is 5.97. The van der Waals surface area contributed by atoms with Crippen molar-refractivity contribution in [2.75, 3.05) is 23.9 Å². The van der Waals surface area contributed by atoms with Crippen LogP contribution in [0.3, 0.4) is 0 Å². The molecule has 0 aromatic carbocycles. The first-order chi connectivity index (χ1) is 19.4. The summed E-state index contributed by atoms with van der Waals surface area (Å²) in [5, 5.41) is 18.1. The molecule has 0 spiro atoms. The second kappa shape index (κ2) is 10.4. The standard InChI is InChI=1S/C29H33N7O4/c1-33-15-18(12-24(29(33)39)31-26-14-20(17-40-3)34(2)32-26)21-7-9-30-27(23(21)16-37)36-11-8-25-22(28(36)38)13-19-6-4-5-10-35(19)25/h7,9,12-15,37H,4-6,8,10-11,16-17H2,1-3H3,(H,31,32).